The van der Waals surface area contributed by atoms with Gasteiger partial charge in [-0.2, -0.15) is 5.10 Å². The molecular formula is C12H16N4O3S. The highest BCUT2D eigenvalue weighted by atomic mass is 32.2. The molecule has 1 heterocycles. The van der Waals surface area contributed by atoms with Crippen LogP contribution in [-0.4, -0.2) is 31.9 Å². The smallest absolute Gasteiger partial charge is 0.242 e. The summed E-state index contributed by atoms with van der Waals surface area (Å²) in [6.07, 6.45) is 3.39. The monoisotopic (exact) mass is 296 g/mol. The summed E-state index contributed by atoms with van der Waals surface area (Å²) < 4.78 is 33.3. The van der Waals surface area contributed by atoms with Crippen LogP contribution in [0.2, 0.25) is 0 Å². The van der Waals surface area contributed by atoms with Crippen LogP contribution in [0.4, 0.5) is 5.69 Å². The molecule has 1 aromatic heterocycles. The lowest BCUT2D eigenvalue weighted by molar-refractivity contribution is 0.414. The van der Waals surface area contributed by atoms with Crippen LogP contribution in [0.1, 0.15) is 0 Å². The van der Waals surface area contributed by atoms with Crippen LogP contribution < -0.4 is 15.2 Å². The van der Waals surface area contributed by atoms with Gasteiger partial charge in [0.05, 0.1) is 19.3 Å². The van der Waals surface area contributed by atoms with Gasteiger partial charge in [0.1, 0.15) is 10.6 Å². The van der Waals surface area contributed by atoms with Gasteiger partial charge in [0.15, 0.2) is 0 Å². The lowest BCUT2D eigenvalue weighted by Crippen LogP contribution is -2.28. The molecule has 2 aromatic rings. The standard InChI is InChI=1S/C12H16N4O3S/c1-19-10-3-4-12(11(13)9-10)20(17,18)15-6-8-16-7-2-5-14-16/h2-5,7,9,15H,6,8,13H2,1H3. The van der Waals surface area contributed by atoms with E-state index in [0.717, 1.165) is 0 Å². The maximum Gasteiger partial charge on any atom is 0.242 e. The van der Waals surface area contributed by atoms with Gasteiger partial charge in [0.25, 0.3) is 0 Å². The minimum absolute atomic E-state index is 0.0405. The van der Waals surface area contributed by atoms with Gasteiger partial charge in [0.2, 0.25) is 10.0 Å². The van der Waals surface area contributed by atoms with Gasteiger partial charge in [-0.3, -0.25) is 4.68 Å². The quantitative estimate of drug-likeness (QED) is 0.754. The van der Waals surface area contributed by atoms with E-state index in [1.54, 1.807) is 29.2 Å². The Hall–Kier alpha value is -2.06. The third kappa shape index (κ3) is 3.28. The predicted octanol–water partition coefficient (Wildman–Crippen LogP) is 0.452. The second-order valence-corrected chi connectivity index (χ2v) is 5.81. The average Bonchev–Trinajstić information content (AvgIpc) is 2.91. The van der Waals surface area contributed by atoms with E-state index in [2.05, 4.69) is 9.82 Å². The fraction of sp³-hybridized carbons (Fsp3) is 0.250. The zero-order valence-corrected chi connectivity index (χ0v) is 11.8. The lowest BCUT2D eigenvalue weighted by Gasteiger charge is -2.10. The highest BCUT2D eigenvalue weighted by Crippen LogP contribution is 2.23. The molecule has 0 unspecified atom stereocenters. The van der Waals surface area contributed by atoms with Crippen molar-refractivity contribution in [2.75, 3.05) is 19.4 Å². The first-order valence-electron chi connectivity index (χ1n) is 5.93. The van der Waals surface area contributed by atoms with E-state index in [1.165, 1.54) is 19.2 Å². The predicted molar refractivity (Wildman–Crippen MR) is 74.8 cm³/mol. The van der Waals surface area contributed by atoms with Gasteiger partial charge in [-0.25, -0.2) is 13.1 Å². The molecule has 0 aliphatic carbocycles. The molecule has 108 valence electrons. The molecule has 0 fully saturated rings. The number of hydrogen-bond acceptors (Lipinski definition) is 5. The van der Waals surface area contributed by atoms with Crippen molar-refractivity contribution in [3.8, 4) is 5.75 Å². The lowest BCUT2D eigenvalue weighted by atomic mass is 10.3. The second-order valence-electron chi connectivity index (χ2n) is 4.07. The first-order chi connectivity index (χ1) is 9.53. The summed E-state index contributed by atoms with van der Waals surface area (Å²) >= 11 is 0. The van der Waals surface area contributed by atoms with Crippen LogP contribution >= 0.6 is 0 Å². The van der Waals surface area contributed by atoms with Gasteiger partial charge in [-0.15, -0.1) is 0 Å². The number of rotatable bonds is 6. The van der Waals surface area contributed by atoms with Crippen LogP contribution in [0.5, 0.6) is 5.75 Å². The van der Waals surface area contributed by atoms with Gasteiger partial charge in [-0.1, -0.05) is 0 Å². The van der Waals surface area contributed by atoms with Crippen molar-refractivity contribution in [2.45, 2.75) is 11.4 Å². The van der Waals surface area contributed by atoms with Crippen LogP contribution in [0.25, 0.3) is 0 Å². The molecule has 0 bridgehead atoms. The number of ether oxygens (including phenoxy) is 1. The Morgan fingerprint density at radius 2 is 2.25 bits per heavy atom. The number of nitrogens with zero attached hydrogens (tertiary/aromatic N) is 2. The van der Waals surface area contributed by atoms with Crippen LogP contribution in [0, 0.1) is 0 Å². The Morgan fingerprint density at radius 1 is 1.45 bits per heavy atom. The molecule has 0 saturated heterocycles. The minimum Gasteiger partial charge on any atom is -0.497 e. The molecule has 0 amide bonds. The van der Waals surface area contributed by atoms with E-state index in [1.807, 2.05) is 0 Å². The van der Waals surface area contributed by atoms with E-state index >= 15 is 0 Å². The summed E-state index contributed by atoms with van der Waals surface area (Å²) in [6, 6.07) is 6.22. The molecule has 0 aliphatic rings. The SMILES string of the molecule is COc1ccc(S(=O)(=O)NCCn2cccn2)c(N)c1. The van der Waals surface area contributed by atoms with Crippen molar-refractivity contribution in [3.05, 3.63) is 36.7 Å². The first kappa shape index (κ1) is 14.4. The Bertz CT molecular complexity index is 668. The Labute approximate surface area is 117 Å². The van der Waals surface area contributed by atoms with Gasteiger partial charge in [0, 0.05) is 25.0 Å². The van der Waals surface area contributed by atoms with Crippen molar-refractivity contribution in [1.29, 1.82) is 0 Å². The van der Waals surface area contributed by atoms with E-state index in [-0.39, 0.29) is 17.1 Å². The topological polar surface area (TPSA) is 99.2 Å². The molecule has 8 heteroatoms. The third-order valence-corrected chi connectivity index (χ3v) is 4.23. The zero-order valence-electron chi connectivity index (χ0n) is 11.0. The maximum absolute atomic E-state index is 12.1. The number of anilines is 1. The van der Waals surface area contributed by atoms with Crippen molar-refractivity contribution in [3.63, 3.8) is 0 Å². The van der Waals surface area contributed by atoms with Crippen molar-refractivity contribution < 1.29 is 13.2 Å². The summed E-state index contributed by atoms with van der Waals surface area (Å²) in [5, 5.41) is 3.99. The number of sulfonamides is 1. The molecule has 2 rings (SSSR count). The van der Waals surface area contributed by atoms with E-state index < -0.39 is 10.0 Å². The fourth-order valence-electron chi connectivity index (χ4n) is 1.70. The number of nitrogens with two attached hydrogens (primary N) is 1. The molecule has 7 nitrogen and oxygen atoms in total. The fourth-order valence-corrected chi connectivity index (χ4v) is 2.84. The average molecular weight is 296 g/mol. The molecular weight excluding hydrogens is 280 g/mol. The summed E-state index contributed by atoms with van der Waals surface area (Å²) in [5.41, 5.74) is 5.88. The first-order valence-corrected chi connectivity index (χ1v) is 7.42. The summed E-state index contributed by atoms with van der Waals surface area (Å²) in [7, 11) is -2.15. The Kier molecular flexibility index (Phi) is 4.26. The van der Waals surface area contributed by atoms with Gasteiger partial charge >= 0.3 is 0 Å². The number of aromatic nitrogens is 2. The van der Waals surface area contributed by atoms with Crippen molar-refractivity contribution >= 4 is 15.7 Å². The molecule has 0 saturated carbocycles. The highest BCUT2D eigenvalue weighted by Gasteiger charge is 2.17. The Morgan fingerprint density at radius 3 is 2.85 bits per heavy atom. The Balaban J connectivity index is 2.06. The maximum atomic E-state index is 12.1. The van der Waals surface area contributed by atoms with Crippen molar-refractivity contribution in [2.24, 2.45) is 0 Å². The molecule has 0 aliphatic heterocycles. The number of benzene rings is 1. The van der Waals surface area contributed by atoms with Crippen LogP contribution in [-0.2, 0) is 16.6 Å². The molecule has 20 heavy (non-hydrogen) atoms. The molecule has 0 spiro atoms. The molecule has 0 atom stereocenters. The number of methoxy groups -OCH3 is 1. The second kappa shape index (κ2) is 5.93. The summed E-state index contributed by atoms with van der Waals surface area (Å²) in [5.74, 6) is 0.512. The van der Waals surface area contributed by atoms with Crippen LogP contribution in [0.15, 0.2) is 41.6 Å². The number of nitrogen functional groups attached to an aromatic ring is 1. The normalized spacial score (nSPS) is 11.4. The van der Waals surface area contributed by atoms with E-state index in [0.29, 0.717) is 12.3 Å². The minimum atomic E-state index is -3.64. The number of hydrogen-bond donors (Lipinski definition) is 2. The zero-order chi connectivity index (χ0) is 14.6. The molecule has 3 N–H and O–H groups in total. The molecule has 0 radical (unpaired) electrons. The third-order valence-electron chi connectivity index (χ3n) is 2.70. The van der Waals surface area contributed by atoms with E-state index in [4.69, 9.17) is 10.5 Å². The van der Waals surface area contributed by atoms with Crippen molar-refractivity contribution in [1.82, 2.24) is 14.5 Å². The summed E-state index contributed by atoms with van der Waals surface area (Å²) in [4.78, 5) is 0.0405. The van der Waals surface area contributed by atoms with Gasteiger partial charge in [-0.05, 0) is 18.2 Å². The highest BCUT2D eigenvalue weighted by molar-refractivity contribution is 7.89. The van der Waals surface area contributed by atoms with E-state index in [9.17, 15) is 8.42 Å². The summed E-state index contributed by atoms with van der Waals surface area (Å²) in [6.45, 7) is 0.678. The molecule has 1 aromatic carbocycles. The van der Waals surface area contributed by atoms with Crippen LogP contribution in [0.3, 0.4) is 0 Å². The number of nitrogens with one attached hydrogen (secondary N) is 1. The largest absolute Gasteiger partial charge is 0.497 e. The van der Waals surface area contributed by atoms with Gasteiger partial charge < -0.3 is 10.5 Å².